The van der Waals surface area contributed by atoms with Crippen LogP contribution < -0.4 is 4.90 Å². The second kappa shape index (κ2) is 6.91. The molecule has 0 unspecified atom stereocenters. The van der Waals surface area contributed by atoms with Crippen molar-refractivity contribution in [3.8, 4) is 0 Å². The lowest BCUT2D eigenvalue weighted by molar-refractivity contribution is 0.202. The Morgan fingerprint density at radius 2 is 2.33 bits per heavy atom. The molecule has 0 atom stereocenters. The Morgan fingerprint density at radius 1 is 1.53 bits per heavy atom. The third-order valence-electron chi connectivity index (χ3n) is 1.88. The molecule has 0 aliphatic heterocycles. The lowest BCUT2D eigenvalue weighted by atomic mass is 10.4. The molecule has 0 bridgehead atoms. The van der Waals surface area contributed by atoms with E-state index in [1.165, 1.54) is 6.33 Å². The largest absolute Gasteiger partial charge is 0.395 e. The fourth-order valence-electron chi connectivity index (χ4n) is 1.18. The molecule has 15 heavy (non-hydrogen) atoms. The number of aromatic nitrogens is 2. The minimum Gasteiger partial charge on any atom is -0.395 e. The Kier molecular flexibility index (Phi) is 5.81. The normalized spacial score (nSPS) is 10.3. The van der Waals surface area contributed by atoms with Gasteiger partial charge in [-0.25, -0.2) is 9.97 Å². The minimum atomic E-state index is 0.101. The summed E-state index contributed by atoms with van der Waals surface area (Å²) in [5.41, 5.74) is 0. The van der Waals surface area contributed by atoms with Crippen LogP contribution in [0, 0.1) is 3.57 Å². The number of halogens is 1. The maximum absolute atomic E-state index is 8.96. The first-order valence-electron chi connectivity index (χ1n) is 4.60. The molecule has 0 fully saturated rings. The molecule has 84 valence electrons. The molecule has 6 heteroatoms. The Morgan fingerprint density at radius 3 is 2.93 bits per heavy atom. The van der Waals surface area contributed by atoms with Crippen molar-refractivity contribution in [1.82, 2.24) is 9.97 Å². The topological polar surface area (TPSA) is 58.5 Å². The molecule has 1 N–H and O–H groups in total. The van der Waals surface area contributed by atoms with Crippen molar-refractivity contribution in [2.45, 2.75) is 0 Å². The first-order valence-corrected chi connectivity index (χ1v) is 5.67. The average molecular weight is 323 g/mol. The Balaban J connectivity index is 2.74. The number of hydrogen-bond acceptors (Lipinski definition) is 5. The fraction of sp³-hybridized carbons (Fsp3) is 0.556. The number of anilines is 1. The molecular formula is C9H14IN3O2. The molecule has 1 aromatic rings. The van der Waals surface area contributed by atoms with Crippen molar-refractivity contribution in [2.24, 2.45) is 0 Å². The van der Waals surface area contributed by atoms with Crippen LogP contribution in [0.1, 0.15) is 0 Å². The number of nitrogens with zero attached hydrogens (tertiary/aromatic N) is 3. The van der Waals surface area contributed by atoms with Gasteiger partial charge in [0.2, 0.25) is 0 Å². The lowest BCUT2D eigenvalue weighted by Crippen LogP contribution is -2.31. The number of ether oxygens (including phenoxy) is 1. The van der Waals surface area contributed by atoms with Crippen LogP contribution in [-0.2, 0) is 4.74 Å². The van der Waals surface area contributed by atoms with Gasteiger partial charge in [-0.3, -0.25) is 0 Å². The van der Waals surface area contributed by atoms with Crippen LogP contribution in [0.3, 0.4) is 0 Å². The third-order valence-corrected chi connectivity index (χ3v) is 2.64. The Labute approximate surface area is 103 Å². The molecule has 0 aliphatic rings. The van der Waals surface area contributed by atoms with Gasteiger partial charge in [-0.1, -0.05) is 0 Å². The van der Waals surface area contributed by atoms with Crippen LogP contribution in [0.2, 0.25) is 0 Å². The van der Waals surface area contributed by atoms with Gasteiger partial charge in [-0.15, -0.1) is 0 Å². The highest BCUT2D eigenvalue weighted by molar-refractivity contribution is 14.1. The van der Waals surface area contributed by atoms with Crippen LogP contribution >= 0.6 is 22.6 Å². The van der Waals surface area contributed by atoms with Crippen molar-refractivity contribution in [1.29, 1.82) is 0 Å². The van der Waals surface area contributed by atoms with Crippen LogP contribution in [0.5, 0.6) is 0 Å². The summed E-state index contributed by atoms with van der Waals surface area (Å²) in [4.78, 5) is 10.1. The summed E-state index contributed by atoms with van der Waals surface area (Å²) in [6.07, 6.45) is 3.26. The van der Waals surface area contributed by atoms with Crippen molar-refractivity contribution in [3.63, 3.8) is 0 Å². The van der Waals surface area contributed by atoms with E-state index >= 15 is 0 Å². The van der Waals surface area contributed by atoms with Crippen LogP contribution in [0.15, 0.2) is 12.5 Å². The van der Waals surface area contributed by atoms with Crippen molar-refractivity contribution in [3.05, 3.63) is 16.1 Å². The highest BCUT2D eigenvalue weighted by Gasteiger charge is 2.10. The van der Waals surface area contributed by atoms with E-state index in [1.807, 2.05) is 4.90 Å². The molecule has 0 radical (unpaired) electrons. The summed E-state index contributed by atoms with van der Waals surface area (Å²) < 4.78 is 5.98. The molecule has 0 amide bonds. The molecule has 0 saturated carbocycles. The zero-order valence-corrected chi connectivity index (χ0v) is 10.7. The van der Waals surface area contributed by atoms with Gasteiger partial charge in [0, 0.05) is 26.4 Å². The van der Waals surface area contributed by atoms with Gasteiger partial charge in [-0.05, 0) is 22.6 Å². The van der Waals surface area contributed by atoms with E-state index in [1.54, 1.807) is 13.3 Å². The Hall–Kier alpha value is -0.470. The van der Waals surface area contributed by atoms with Crippen molar-refractivity contribution in [2.75, 3.05) is 38.3 Å². The molecular weight excluding hydrogens is 309 g/mol. The summed E-state index contributed by atoms with van der Waals surface area (Å²) >= 11 is 2.18. The highest BCUT2D eigenvalue weighted by atomic mass is 127. The molecule has 0 aromatic carbocycles. The number of rotatable bonds is 6. The molecule has 0 saturated heterocycles. The molecule has 0 spiro atoms. The summed E-state index contributed by atoms with van der Waals surface area (Å²) in [6, 6.07) is 0. The van der Waals surface area contributed by atoms with Gasteiger partial charge in [0.05, 0.1) is 16.8 Å². The second-order valence-corrected chi connectivity index (χ2v) is 4.06. The van der Waals surface area contributed by atoms with Crippen molar-refractivity contribution < 1.29 is 9.84 Å². The lowest BCUT2D eigenvalue weighted by Gasteiger charge is -2.22. The second-order valence-electron chi connectivity index (χ2n) is 2.90. The summed E-state index contributed by atoms with van der Waals surface area (Å²) in [7, 11) is 1.65. The zero-order valence-electron chi connectivity index (χ0n) is 8.56. The predicted molar refractivity (Wildman–Crippen MR) is 65.9 cm³/mol. The highest BCUT2D eigenvalue weighted by Crippen LogP contribution is 2.17. The van der Waals surface area contributed by atoms with E-state index < -0.39 is 0 Å². The average Bonchev–Trinajstić information content (AvgIpc) is 2.25. The van der Waals surface area contributed by atoms with Crippen LogP contribution in [-0.4, -0.2) is 48.5 Å². The standard InChI is InChI=1S/C9H14IN3O2/c1-15-5-3-13(2-4-14)9-8(10)6-11-7-12-9/h6-7,14H,2-5H2,1H3. The first kappa shape index (κ1) is 12.6. The molecule has 1 heterocycles. The first-order chi connectivity index (χ1) is 7.29. The van der Waals surface area contributed by atoms with Gasteiger partial charge in [0.1, 0.15) is 12.1 Å². The number of aliphatic hydroxyl groups is 1. The van der Waals surface area contributed by atoms with Gasteiger partial charge in [0.15, 0.2) is 0 Å². The minimum absolute atomic E-state index is 0.101. The van der Waals surface area contributed by atoms with E-state index in [9.17, 15) is 0 Å². The number of aliphatic hydroxyl groups excluding tert-OH is 1. The van der Waals surface area contributed by atoms with Gasteiger partial charge < -0.3 is 14.7 Å². The smallest absolute Gasteiger partial charge is 0.145 e. The van der Waals surface area contributed by atoms with E-state index in [2.05, 4.69) is 32.6 Å². The Bertz CT molecular complexity index is 298. The molecule has 1 aromatic heterocycles. The summed E-state index contributed by atoms with van der Waals surface area (Å²) in [5, 5.41) is 8.96. The maximum Gasteiger partial charge on any atom is 0.145 e. The fourth-order valence-corrected chi connectivity index (χ4v) is 1.83. The molecule has 0 aliphatic carbocycles. The van der Waals surface area contributed by atoms with Crippen LogP contribution in [0.4, 0.5) is 5.82 Å². The maximum atomic E-state index is 8.96. The number of methoxy groups -OCH3 is 1. The molecule has 5 nitrogen and oxygen atoms in total. The van der Waals surface area contributed by atoms with Gasteiger partial charge in [0.25, 0.3) is 0 Å². The predicted octanol–water partition coefficient (Wildman–Crippen LogP) is 0.526. The monoisotopic (exact) mass is 323 g/mol. The van der Waals surface area contributed by atoms with E-state index in [-0.39, 0.29) is 6.61 Å². The van der Waals surface area contributed by atoms with E-state index in [4.69, 9.17) is 9.84 Å². The van der Waals surface area contributed by atoms with Gasteiger partial charge >= 0.3 is 0 Å². The van der Waals surface area contributed by atoms with E-state index in [0.717, 1.165) is 9.39 Å². The van der Waals surface area contributed by atoms with Crippen molar-refractivity contribution >= 4 is 28.4 Å². The SMILES string of the molecule is COCCN(CCO)c1ncncc1I. The van der Waals surface area contributed by atoms with Gasteiger partial charge in [-0.2, -0.15) is 0 Å². The molecule has 1 rings (SSSR count). The quantitative estimate of drug-likeness (QED) is 0.774. The van der Waals surface area contributed by atoms with E-state index in [0.29, 0.717) is 19.7 Å². The summed E-state index contributed by atoms with van der Waals surface area (Å²) in [6.45, 7) is 1.98. The third kappa shape index (κ3) is 3.88. The van der Waals surface area contributed by atoms with Crippen LogP contribution in [0.25, 0.3) is 0 Å². The number of hydrogen-bond donors (Lipinski definition) is 1. The summed E-state index contributed by atoms with van der Waals surface area (Å²) in [5.74, 6) is 0.844. The zero-order chi connectivity index (χ0) is 11.1.